The van der Waals surface area contributed by atoms with Crippen molar-refractivity contribution in [2.24, 2.45) is 0 Å². The Kier molecular flexibility index (Phi) is 7.81. The molecule has 4 heteroatoms. The molecule has 1 amide bonds. The minimum absolute atomic E-state index is 0.0543. The highest BCUT2D eigenvalue weighted by Crippen LogP contribution is 2.16. The molecule has 1 aromatic rings. The molecule has 0 heterocycles. The zero-order chi connectivity index (χ0) is 15.5. The molecule has 22 heavy (non-hydrogen) atoms. The van der Waals surface area contributed by atoms with Gasteiger partial charge in [0.1, 0.15) is 5.75 Å². The maximum Gasteiger partial charge on any atom is 0.223 e. The van der Waals surface area contributed by atoms with Gasteiger partial charge in [-0.25, -0.2) is 0 Å². The van der Waals surface area contributed by atoms with Crippen LogP contribution < -0.4 is 15.4 Å². The normalized spacial score (nSPS) is 16.0. The fourth-order valence-corrected chi connectivity index (χ4v) is 2.83. The van der Waals surface area contributed by atoms with Crippen molar-refractivity contribution in [3.63, 3.8) is 0 Å². The minimum atomic E-state index is 0.0543. The van der Waals surface area contributed by atoms with Gasteiger partial charge in [0.05, 0.1) is 13.0 Å². The van der Waals surface area contributed by atoms with Gasteiger partial charge in [-0.2, -0.15) is 0 Å². The molecule has 0 unspecified atom stereocenters. The number of hydrogen-bond donors (Lipinski definition) is 2. The van der Waals surface area contributed by atoms with E-state index in [1.807, 2.05) is 30.3 Å². The van der Waals surface area contributed by atoms with Gasteiger partial charge in [-0.1, -0.05) is 43.9 Å². The Hall–Kier alpha value is -1.55. The molecule has 0 bridgehead atoms. The first-order valence-corrected chi connectivity index (χ1v) is 8.52. The zero-order valence-corrected chi connectivity index (χ0v) is 13.4. The van der Waals surface area contributed by atoms with Crippen LogP contribution in [0.4, 0.5) is 0 Å². The van der Waals surface area contributed by atoms with Crippen molar-refractivity contribution in [1.29, 1.82) is 0 Å². The minimum Gasteiger partial charge on any atom is -0.493 e. The summed E-state index contributed by atoms with van der Waals surface area (Å²) in [6.45, 7) is 1.97. The summed E-state index contributed by atoms with van der Waals surface area (Å²) in [7, 11) is 0. The second-order valence-electron chi connectivity index (χ2n) is 5.90. The van der Waals surface area contributed by atoms with Gasteiger partial charge in [0, 0.05) is 19.1 Å². The van der Waals surface area contributed by atoms with E-state index < -0.39 is 0 Å². The van der Waals surface area contributed by atoms with Crippen molar-refractivity contribution in [3.8, 4) is 5.75 Å². The number of carbonyl (C=O) groups excluding carboxylic acids is 1. The topological polar surface area (TPSA) is 50.4 Å². The van der Waals surface area contributed by atoms with Crippen LogP contribution in [0, 0.1) is 0 Å². The average molecular weight is 304 g/mol. The molecular weight excluding hydrogens is 276 g/mol. The highest BCUT2D eigenvalue weighted by atomic mass is 16.5. The van der Waals surface area contributed by atoms with Crippen molar-refractivity contribution in [2.45, 2.75) is 51.0 Å². The number of rotatable bonds is 8. The first kappa shape index (κ1) is 16.8. The third kappa shape index (κ3) is 6.94. The van der Waals surface area contributed by atoms with Gasteiger partial charge in [0.2, 0.25) is 5.91 Å². The van der Waals surface area contributed by atoms with E-state index in [9.17, 15) is 4.79 Å². The number of nitrogens with one attached hydrogen (secondary N) is 2. The quantitative estimate of drug-likeness (QED) is 0.573. The number of hydrogen-bond acceptors (Lipinski definition) is 3. The fraction of sp³-hybridized carbons (Fsp3) is 0.611. The van der Waals surface area contributed by atoms with E-state index in [0.717, 1.165) is 12.3 Å². The monoisotopic (exact) mass is 304 g/mol. The predicted octanol–water partition coefficient (Wildman–Crippen LogP) is 2.88. The Balaban J connectivity index is 1.48. The van der Waals surface area contributed by atoms with Crippen LogP contribution in [-0.4, -0.2) is 31.6 Å². The molecule has 1 aliphatic rings. The molecule has 0 spiro atoms. The number of benzene rings is 1. The third-order valence-electron chi connectivity index (χ3n) is 4.08. The Morgan fingerprint density at radius 1 is 1.05 bits per heavy atom. The number of para-hydroxylation sites is 1. The van der Waals surface area contributed by atoms with Crippen LogP contribution in [0.3, 0.4) is 0 Å². The molecule has 0 atom stereocenters. The lowest BCUT2D eigenvalue weighted by Gasteiger charge is -2.16. The van der Waals surface area contributed by atoms with E-state index in [-0.39, 0.29) is 5.91 Å². The summed E-state index contributed by atoms with van der Waals surface area (Å²) in [5.74, 6) is 0.865. The molecule has 1 saturated carbocycles. The maximum atomic E-state index is 11.7. The molecule has 0 radical (unpaired) electrons. The Morgan fingerprint density at radius 2 is 1.77 bits per heavy atom. The second-order valence-corrected chi connectivity index (χ2v) is 5.90. The van der Waals surface area contributed by atoms with Crippen LogP contribution in [0.15, 0.2) is 30.3 Å². The van der Waals surface area contributed by atoms with Gasteiger partial charge in [-0.05, 0) is 25.0 Å². The molecule has 4 nitrogen and oxygen atoms in total. The predicted molar refractivity (Wildman–Crippen MR) is 89.1 cm³/mol. The standard InChI is InChI=1S/C18H28N2O2/c21-18(12-15-22-17-10-6-3-7-11-17)20-14-13-19-16-8-4-1-2-5-9-16/h3,6-7,10-11,16,19H,1-2,4-5,8-9,12-15H2,(H,20,21). The van der Waals surface area contributed by atoms with Gasteiger partial charge in [-0.3, -0.25) is 4.79 Å². The molecule has 0 saturated heterocycles. The molecule has 1 aliphatic carbocycles. The first-order valence-electron chi connectivity index (χ1n) is 8.52. The summed E-state index contributed by atoms with van der Waals surface area (Å²) >= 11 is 0. The second kappa shape index (κ2) is 10.2. The maximum absolute atomic E-state index is 11.7. The summed E-state index contributed by atoms with van der Waals surface area (Å²) in [4.78, 5) is 11.7. The third-order valence-corrected chi connectivity index (χ3v) is 4.08. The van der Waals surface area contributed by atoms with Gasteiger partial charge in [0.15, 0.2) is 0 Å². The largest absolute Gasteiger partial charge is 0.493 e. The molecule has 1 fully saturated rings. The lowest BCUT2D eigenvalue weighted by Crippen LogP contribution is -2.37. The van der Waals surface area contributed by atoms with Crippen molar-refractivity contribution < 1.29 is 9.53 Å². The van der Waals surface area contributed by atoms with Gasteiger partial charge in [0.25, 0.3) is 0 Å². The Labute approximate surface area is 133 Å². The SMILES string of the molecule is O=C(CCOc1ccccc1)NCCNC1CCCCCC1. The van der Waals surface area contributed by atoms with Gasteiger partial charge >= 0.3 is 0 Å². The van der Waals surface area contributed by atoms with Crippen LogP contribution in [0.2, 0.25) is 0 Å². The van der Waals surface area contributed by atoms with Crippen LogP contribution in [0.1, 0.15) is 44.9 Å². The van der Waals surface area contributed by atoms with E-state index in [1.165, 1.54) is 38.5 Å². The lowest BCUT2D eigenvalue weighted by atomic mass is 10.1. The van der Waals surface area contributed by atoms with Gasteiger partial charge in [-0.15, -0.1) is 0 Å². The summed E-state index contributed by atoms with van der Waals surface area (Å²) in [6.07, 6.45) is 8.37. The van der Waals surface area contributed by atoms with Crippen LogP contribution in [0.25, 0.3) is 0 Å². The van der Waals surface area contributed by atoms with E-state index in [4.69, 9.17) is 4.74 Å². The zero-order valence-electron chi connectivity index (χ0n) is 13.4. The molecule has 0 aliphatic heterocycles. The van der Waals surface area contributed by atoms with E-state index in [2.05, 4.69) is 10.6 Å². The molecule has 0 aromatic heterocycles. The Bertz CT molecular complexity index is 414. The fourth-order valence-electron chi connectivity index (χ4n) is 2.83. The van der Waals surface area contributed by atoms with Crippen molar-refractivity contribution >= 4 is 5.91 Å². The molecule has 122 valence electrons. The molecule has 2 rings (SSSR count). The van der Waals surface area contributed by atoms with Gasteiger partial charge < -0.3 is 15.4 Å². The highest BCUT2D eigenvalue weighted by Gasteiger charge is 2.10. The summed E-state index contributed by atoms with van der Waals surface area (Å²) in [6, 6.07) is 10.2. The molecule has 1 aromatic carbocycles. The van der Waals surface area contributed by atoms with E-state index >= 15 is 0 Å². The lowest BCUT2D eigenvalue weighted by molar-refractivity contribution is -0.121. The van der Waals surface area contributed by atoms with E-state index in [0.29, 0.717) is 25.6 Å². The first-order chi connectivity index (χ1) is 10.8. The summed E-state index contributed by atoms with van der Waals surface area (Å²) in [5.41, 5.74) is 0. The van der Waals surface area contributed by atoms with Crippen LogP contribution in [-0.2, 0) is 4.79 Å². The number of ether oxygens (including phenoxy) is 1. The summed E-state index contributed by atoms with van der Waals surface area (Å²) < 4.78 is 5.52. The van der Waals surface area contributed by atoms with Crippen LogP contribution in [0.5, 0.6) is 5.75 Å². The number of carbonyl (C=O) groups is 1. The molecule has 2 N–H and O–H groups in total. The average Bonchev–Trinajstić information content (AvgIpc) is 2.81. The van der Waals surface area contributed by atoms with Crippen molar-refractivity contribution in [2.75, 3.05) is 19.7 Å². The van der Waals surface area contributed by atoms with Crippen molar-refractivity contribution in [1.82, 2.24) is 10.6 Å². The smallest absolute Gasteiger partial charge is 0.223 e. The highest BCUT2D eigenvalue weighted by molar-refractivity contribution is 5.75. The number of amides is 1. The summed E-state index contributed by atoms with van der Waals surface area (Å²) in [5, 5.41) is 6.50. The Morgan fingerprint density at radius 3 is 2.50 bits per heavy atom. The van der Waals surface area contributed by atoms with Crippen LogP contribution >= 0.6 is 0 Å². The van der Waals surface area contributed by atoms with Crippen molar-refractivity contribution in [3.05, 3.63) is 30.3 Å². The van der Waals surface area contributed by atoms with E-state index in [1.54, 1.807) is 0 Å². The molecular formula is C18H28N2O2.